The van der Waals surface area contributed by atoms with E-state index in [4.69, 9.17) is 37.8 Å². The first kappa shape index (κ1) is 67.4. The molecule has 4 aliphatic rings. The summed E-state index contributed by atoms with van der Waals surface area (Å²) >= 11 is 12.8. The number of methoxy groups -OCH3 is 2. The molecule has 0 bridgehead atoms. The summed E-state index contributed by atoms with van der Waals surface area (Å²) in [6.45, 7) is 13.9. The lowest BCUT2D eigenvalue weighted by atomic mass is 9.67. The number of hydrogen-bond donors (Lipinski definition) is 5. The summed E-state index contributed by atoms with van der Waals surface area (Å²) in [4.78, 5) is 59.0. The number of nitrogens with zero attached hydrogens (tertiary/aromatic N) is 9. The predicted octanol–water partition coefficient (Wildman–Crippen LogP) is 12.8. The summed E-state index contributed by atoms with van der Waals surface area (Å²) in [7, 11) is 3.10. The predicted molar refractivity (Wildman–Crippen MR) is 350 cm³/mol. The molecular formula is C60H79Cl2N13O10P2. The number of nitrogens with one attached hydrogen (secondary N) is 4. The van der Waals surface area contributed by atoms with Crippen LogP contribution in [0.25, 0.3) is 0 Å². The highest BCUT2D eigenvalue weighted by Gasteiger charge is 2.48. The zero-order chi connectivity index (χ0) is 63.6. The van der Waals surface area contributed by atoms with Crippen molar-refractivity contribution in [2.75, 3.05) is 119 Å². The Morgan fingerprint density at radius 2 is 1.01 bits per heavy atom. The molecule has 2 aliphatic heterocycles. The van der Waals surface area contributed by atoms with Gasteiger partial charge in [0.15, 0.2) is 11.6 Å². The van der Waals surface area contributed by atoms with Crippen LogP contribution >= 0.6 is 37.5 Å². The van der Waals surface area contributed by atoms with Crippen LogP contribution < -0.4 is 51.1 Å². The molecule has 5 N–H and O–H groups in total. The zero-order valence-corrected chi connectivity index (χ0v) is 54.5. The molecule has 27 heteroatoms. The molecule has 87 heavy (non-hydrogen) atoms. The maximum absolute atomic E-state index is 12.8. The van der Waals surface area contributed by atoms with Crippen molar-refractivity contribution in [2.24, 2.45) is 10.8 Å². The maximum Gasteiger partial charge on any atom is 0.294 e. The number of nitro benzene ring substituents is 2. The number of nitro groups is 2. The molecule has 2 spiro atoms. The molecule has 0 atom stereocenters. The van der Waals surface area contributed by atoms with E-state index in [9.17, 15) is 34.2 Å². The lowest BCUT2D eigenvalue weighted by molar-refractivity contribution is -0.384. The number of benzene rings is 4. The van der Waals surface area contributed by atoms with Gasteiger partial charge >= 0.3 is 0 Å². The maximum atomic E-state index is 12.8. The van der Waals surface area contributed by atoms with E-state index in [0.29, 0.717) is 94.0 Å². The minimum Gasteiger partial charge on any atom is -0.494 e. The van der Waals surface area contributed by atoms with Crippen LogP contribution in [0.15, 0.2) is 85.2 Å². The van der Waals surface area contributed by atoms with Gasteiger partial charge in [0.05, 0.1) is 59.2 Å². The van der Waals surface area contributed by atoms with Crippen LogP contribution in [0.1, 0.15) is 71.6 Å². The van der Waals surface area contributed by atoms with Gasteiger partial charge in [-0.25, -0.2) is 9.97 Å². The molecule has 4 fully saturated rings. The summed E-state index contributed by atoms with van der Waals surface area (Å²) < 4.78 is 36.8. The van der Waals surface area contributed by atoms with E-state index in [0.717, 1.165) is 58.7 Å². The number of ketones is 1. The van der Waals surface area contributed by atoms with Gasteiger partial charge in [0.2, 0.25) is 11.9 Å². The van der Waals surface area contributed by atoms with Crippen molar-refractivity contribution in [3.05, 3.63) is 115 Å². The number of carbonyl (C=O) groups excluding carboxylic acids is 1. The largest absolute Gasteiger partial charge is 0.494 e. The molecule has 2 saturated heterocycles. The van der Waals surface area contributed by atoms with Crippen molar-refractivity contribution in [3.63, 3.8) is 0 Å². The summed E-state index contributed by atoms with van der Waals surface area (Å²) in [5, 5.41) is 45.5. The molecule has 4 aromatic carbocycles. The van der Waals surface area contributed by atoms with Crippen molar-refractivity contribution < 1.29 is 38.4 Å². The number of hydrogen-bond acceptors (Lipinski definition) is 21. The van der Waals surface area contributed by atoms with Crippen LogP contribution in [0.4, 0.5) is 69.0 Å². The first-order valence-electron chi connectivity index (χ1n) is 28.6. The molecule has 2 aromatic heterocycles. The van der Waals surface area contributed by atoms with Crippen LogP contribution in [0.2, 0.25) is 10.0 Å². The van der Waals surface area contributed by atoms with E-state index in [1.54, 1.807) is 63.1 Å². The Morgan fingerprint density at radius 1 is 0.644 bits per heavy atom. The minimum atomic E-state index is -2.59. The Morgan fingerprint density at radius 3 is 1.36 bits per heavy atom. The molecule has 0 unspecified atom stereocenters. The fourth-order valence-electron chi connectivity index (χ4n) is 11.4. The molecule has 0 radical (unpaired) electrons. The molecule has 468 valence electrons. The lowest BCUT2D eigenvalue weighted by Gasteiger charge is -2.54. The van der Waals surface area contributed by atoms with E-state index in [1.165, 1.54) is 45.2 Å². The van der Waals surface area contributed by atoms with Crippen LogP contribution in [-0.2, 0) is 13.9 Å². The minimum absolute atomic E-state index is 0.0157. The molecule has 2 aliphatic carbocycles. The monoisotopic (exact) mass is 1270 g/mol. The molecular weight excluding hydrogens is 1200 g/mol. The fraction of sp³-hybridized carbons (Fsp3) is 0.450. The van der Waals surface area contributed by atoms with Gasteiger partial charge in [-0.1, -0.05) is 67.7 Å². The van der Waals surface area contributed by atoms with Crippen molar-refractivity contribution in [1.82, 2.24) is 24.8 Å². The Bertz CT molecular complexity index is 3540. The van der Waals surface area contributed by atoms with Gasteiger partial charge in [-0.2, -0.15) is 9.97 Å². The van der Waals surface area contributed by atoms with Gasteiger partial charge in [0.25, 0.3) is 11.4 Å². The number of aliphatic hydroxyl groups is 1. The van der Waals surface area contributed by atoms with E-state index in [1.807, 2.05) is 29.2 Å². The first-order chi connectivity index (χ1) is 41.3. The summed E-state index contributed by atoms with van der Waals surface area (Å²) in [5.41, 5.74) is 3.07. The fourth-order valence-corrected chi connectivity index (χ4v) is 13.9. The average molecular weight is 1280 g/mol. The number of carbonyl (C=O) groups is 1. The number of Topliss-reactive ketones (excluding diaryl/α,β-unsaturated/α-hetero) is 1. The Balaban J connectivity index is 0.000000232. The van der Waals surface area contributed by atoms with Crippen molar-refractivity contribution >= 4 is 123 Å². The molecule has 4 heterocycles. The van der Waals surface area contributed by atoms with E-state index in [-0.39, 0.29) is 60.7 Å². The summed E-state index contributed by atoms with van der Waals surface area (Å²) in [6.07, 6.45) is 11.4. The van der Waals surface area contributed by atoms with Gasteiger partial charge in [0.1, 0.15) is 53.0 Å². The second kappa shape index (κ2) is 28.8. The summed E-state index contributed by atoms with van der Waals surface area (Å²) in [5.74, 6) is 1.99. The van der Waals surface area contributed by atoms with Gasteiger partial charge in [0, 0.05) is 97.9 Å². The number of aromatic nitrogens is 4. The number of rotatable bonds is 17. The Hall–Kier alpha value is -7.13. The Kier molecular flexibility index (Phi) is 22.3. The SMILES string of the molecule is CCC.CO.COc1cc(N2CC3(CCC(=O)CC3)C2)c([N+](=O)[O-])cc1Nc1ncc(Cl)c(Nc2ccccc2P(C)(C)=O)n1.COc1cc(N2CC3(CCC(N(C)C)CC3)C2)c([N+](=O)[O-])cc1Nc1ncc(Cl)c(Nc2ccccc2P(C)(C)=O)n1. The van der Waals surface area contributed by atoms with Gasteiger partial charge in [-0.15, -0.1) is 0 Å². The second-order valence-electron chi connectivity index (χ2n) is 23.3. The summed E-state index contributed by atoms with van der Waals surface area (Å²) in [6, 6.07) is 21.3. The molecule has 10 rings (SSSR count). The van der Waals surface area contributed by atoms with Crippen LogP contribution in [0.5, 0.6) is 11.5 Å². The quantitative estimate of drug-likeness (QED) is 0.0322. The van der Waals surface area contributed by atoms with E-state index >= 15 is 0 Å². The Labute approximate surface area is 518 Å². The van der Waals surface area contributed by atoms with E-state index < -0.39 is 19.2 Å². The number of ether oxygens (including phenoxy) is 2. The van der Waals surface area contributed by atoms with Gasteiger partial charge < -0.3 is 59.7 Å². The smallest absolute Gasteiger partial charge is 0.294 e. The van der Waals surface area contributed by atoms with Crippen molar-refractivity contribution in [1.29, 1.82) is 0 Å². The standard InChI is InChI=1S/C29H37ClN7O4P.C27H30ClN6O5P.C3H8.CH4O/c1-35(2)19-10-12-29(13-11-19)17-36(18-29)23-15-25(41-3)22(14-24(23)37(38)39)33-28-31-16-20(30)27(34-28)32-21-8-6-7-9-26(21)42(4,5)40;1-39-23-13-21(33-15-27(16-33)10-8-17(35)9-11-27)22(34(36)37)12-20(23)31-26-29-14-18(28)25(32-26)30-19-6-4-5-7-24(19)40(2,3)38;1-3-2;1-2/h6-9,14-16,19H,10-13,17-18H2,1-5H3,(H2,31,32,33,34);4-7,12-14H,8-11,15-16H2,1-3H3,(H2,29,30,31,32);3H2,1-2H3;2H,1H3. The van der Waals surface area contributed by atoms with Gasteiger partial charge in [-0.05, 0) is 104 Å². The first-order valence-corrected chi connectivity index (χ1v) is 34.5. The molecule has 2 saturated carbocycles. The normalized spacial score (nSPS) is 15.9. The molecule has 0 amide bonds. The average Bonchev–Trinajstić information content (AvgIpc) is 0.841. The highest BCUT2D eigenvalue weighted by atomic mass is 35.5. The number of aliphatic hydroxyl groups excluding tert-OH is 1. The third kappa shape index (κ3) is 16.3. The third-order valence-corrected chi connectivity index (χ3v) is 19.5. The zero-order valence-electron chi connectivity index (χ0n) is 51.1. The van der Waals surface area contributed by atoms with Crippen LogP contribution in [0, 0.1) is 31.1 Å². The van der Waals surface area contributed by atoms with Crippen molar-refractivity contribution in [2.45, 2.75) is 77.7 Å². The van der Waals surface area contributed by atoms with Crippen LogP contribution in [0.3, 0.4) is 0 Å². The van der Waals surface area contributed by atoms with E-state index in [2.05, 4.69) is 78.9 Å². The molecule has 23 nitrogen and oxygen atoms in total. The topological polar surface area (TPSA) is 286 Å². The van der Waals surface area contributed by atoms with Gasteiger partial charge in [-0.3, -0.25) is 25.0 Å². The second-order valence-corrected chi connectivity index (χ2v) is 30.4. The highest BCUT2D eigenvalue weighted by molar-refractivity contribution is 7.70. The third-order valence-electron chi connectivity index (χ3n) is 15.8. The van der Waals surface area contributed by atoms with Crippen molar-refractivity contribution in [3.8, 4) is 11.5 Å². The molecule has 6 aromatic rings. The van der Waals surface area contributed by atoms with Crippen LogP contribution in [-0.4, -0.2) is 140 Å². The number of para-hydroxylation sites is 2. The highest BCUT2D eigenvalue weighted by Crippen LogP contribution is 2.51. The number of halogens is 2. The lowest BCUT2D eigenvalue weighted by Crippen LogP contribution is -2.59. The number of anilines is 10.